The molecule has 2 fully saturated rings. The molecule has 0 aliphatic carbocycles. The zero-order chi connectivity index (χ0) is 17.5. The van der Waals surface area contributed by atoms with Crippen LogP contribution in [0.1, 0.15) is 30.7 Å². The third-order valence-corrected chi connectivity index (χ3v) is 7.45. The zero-order valence-electron chi connectivity index (χ0n) is 14.2. The summed E-state index contributed by atoms with van der Waals surface area (Å²) >= 11 is 1.51. The predicted octanol–water partition coefficient (Wildman–Crippen LogP) is 2.61. The van der Waals surface area contributed by atoms with Crippen molar-refractivity contribution in [2.75, 3.05) is 19.8 Å². The molecule has 136 valence electrons. The number of nitrogens with one attached hydrogen (secondary N) is 1. The van der Waals surface area contributed by atoms with E-state index in [0.717, 1.165) is 28.1 Å². The molecule has 1 N–H and O–H groups in total. The summed E-state index contributed by atoms with van der Waals surface area (Å²) in [5, 5.41) is 0.934. The summed E-state index contributed by atoms with van der Waals surface area (Å²) in [6, 6.07) is 5.02. The van der Waals surface area contributed by atoms with Gasteiger partial charge in [0, 0.05) is 25.9 Å². The molecule has 1 atom stereocenters. The van der Waals surface area contributed by atoms with E-state index in [-0.39, 0.29) is 11.6 Å². The van der Waals surface area contributed by atoms with Crippen LogP contribution >= 0.6 is 11.3 Å². The monoisotopic (exact) mass is 382 g/mol. The number of hydrogen-bond donors (Lipinski definition) is 1. The minimum Gasteiger partial charge on any atom is -0.381 e. The third-order valence-electron chi connectivity index (χ3n) is 5.00. The van der Waals surface area contributed by atoms with E-state index in [4.69, 9.17) is 9.47 Å². The maximum Gasteiger partial charge on any atom is 0.240 e. The predicted molar refractivity (Wildman–Crippen MR) is 96.4 cm³/mol. The number of nitrogens with zero attached hydrogens (tertiary/aromatic N) is 1. The molecule has 0 bridgehead atoms. The van der Waals surface area contributed by atoms with Crippen LogP contribution in [0.5, 0.6) is 0 Å². The highest BCUT2D eigenvalue weighted by atomic mass is 32.2. The Labute approximate surface area is 151 Å². The van der Waals surface area contributed by atoms with Gasteiger partial charge in [-0.1, -0.05) is 0 Å². The van der Waals surface area contributed by atoms with Crippen LogP contribution in [0.15, 0.2) is 23.1 Å². The Morgan fingerprint density at radius 2 is 2.08 bits per heavy atom. The standard InChI is InChI=1S/C17H22N2O4S2/c1-12-18-15-3-2-14(10-16(15)24-12)25(20,21)19-13-4-7-23-17(11-13)5-8-22-9-6-17/h2-3,10,13,19H,4-9,11H2,1H3/t13-/m0/s1. The maximum atomic E-state index is 12.8. The van der Waals surface area contributed by atoms with Crippen LogP contribution in [0, 0.1) is 6.92 Å². The van der Waals surface area contributed by atoms with Crippen LogP contribution in [0.4, 0.5) is 0 Å². The van der Waals surface area contributed by atoms with Gasteiger partial charge in [-0.25, -0.2) is 18.1 Å². The molecule has 0 saturated carbocycles. The van der Waals surface area contributed by atoms with E-state index in [2.05, 4.69) is 9.71 Å². The van der Waals surface area contributed by atoms with E-state index in [0.29, 0.717) is 37.6 Å². The van der Waals surface area contributed by atoms with Gasteiger partial charge in [0.05, 0.1) is 25.7 Å². The minimum absolute atomic E-state index is 0.101. The highest BCUT2D eigenvalue weighted by Gasteiger charge is 2.40. The number of benzene rings is 1. The van der Waals surface area contributed by atoms with Crippen molar-refractivity contribution in [1.82, 2.24) is 9.71 Å². The van der Waals surface area contributed by atoms with Crippen molar-refractivity contribution in [3.8, 4) is 0 Å². The van der Waals surface area contributed by atoms with Crippen molar-refractivity contribution in [3.63, 3.8) is 0 Å². The first-order chi connectivity index (χ1) is 12.0. The minimum atomic E-state index is -3.56. The summed E-state index contributed by atoms with van der Waals surface area (Å²) in [6.45, 7) is 3.87. The molecular formula is C17H22N2O4S2. The summed E-state index contributed by atoms with van der Waals surface area (Å²) in [5.41, 5.74) is 0.608. The van der Waals surface area contributed by atoms with Gasteiger partial charge in [0.25, 0.3) is 0 Å². The van der Waals surface area contributed by atoms with Gasteiger partial charge in [-0.05, 0) is 50.8 Å². The van der Waals surface area contributed by atoms with E-state index in [9.17, 15) is 8.42 Å². The van der Waals surface area contributed by atoms with Gasteiger partial charge in [-0.2, -0.15) is 0 Å². The van der Waals surface area contributed by atoms with Crippen molar-refractivity contribution < 1.29 is 17.9 Å². The van der Waals surface area contributed by atoms with Crippen molar-refractivity contribution in [2.24, 2.45) is 0 Å². The molecule has 8 heteroatoms. The Kier molecular flexibility index (Phi) is 4.57. The first kappa shape index (κ1) is 17.4. The molecule has 2 aliphatic heterocycles. The van der Waals surface area contributed by atoms with E-state index in [1.165, 1.54) is 11.3 Å². The average Bonchev–Trinajstić information content (AvgIpc) is 2.94. The van der Waals surface area contributed by atoms with Gasteiger partial charge >= 0.3 is 0 Å². The topological polar surface area (TPSA) is 77.5 Å². The third kappa shape index (κ3) is 3.59. The van der Waals surface area contributed by atoms with E-state index in [1.54, 1.807) is 18.2 Å². The lowest BCUT2D eigenvalue weighted by atomic mass is 9.84. The lowest BCUT2D eigenvalue weighted by molar-refractivity contribution is -0.138. The molecule has 25 heavy (non-hydrogen) atoms. The van der Waals surface area contributed by atoms with Crippen LogP contribution in [-0.2, 0) is 19.5 Å². The van der Waals surface area contributed by atoms with Gasteiger partial charge in [-0.15, -0.1) is 11.3 Å². The Morgan fingerprint density at radius 3 is 2.88 bits per heavy atom. The quantitative estimate of drug-likeness (QED) is 0.883. The number of sulfonamides is 1. The fourth-order valence-electron chi connectivity index (χ4n) is 3.69. The van der Waals surface area contributed by atoms with Crippen molar-refractivity contribution >= 4 is 31.6 Å². The molecule has 3 heterocycles. The molecule has 2 aliphatic rings. The Balaban J connectivity index is 1.53. The number of aryl methyl sites for hydroxylation is 1. The molecule has 2 saturated heterocycles. The molecule has 0 unspecified atom stereocenters. The number of thiazole rings is 1. The number of aromatic nitrogens is 1. The Hall–Kier alpha value is -1.06. The summed E-state index contributed by atoms with van der Waals surface area (Å²) in [6.07, 6.45) is 3.07. The fraction of sp³-hybridized carbons (Fsp3) is 0.588. The number of hydrogen-bond acceptors (Lipinski definition) is 6. The second kappa shape index (κ2) is 6.59. The zero-order valence-corrected chi connectivity index (χ0v) is 15.8. The summed E-state index contributed by atoms with van der Waals surface area (Å²) < 4.78 is 40.9. The SMILES string of the molecule is Cc1nc2ccc(S(=O)(=O)N[C@H]3CCOC4(CCOCC4)C3)cc2s1. The first-order valence-corrected chi connectivity index (χ1v) is 10.9. The van der Waals surface area contributed by atoms with E-state index < -0.39 is 10.0 Å². The fourth-order valence-corrected chi connectivity index (χ4v) is 5.93. The summed E-state index contributed by atoms with van der Waals surface area (Å²) in [7, 11) is -3.56. The molecule has 1 aromatic carbocycles. The second-order valence-corrected chi connectivity index (χ2v) is 9.77. The van der Waals surface area contributed by atoms with Gasteiger partial charge in [-0.3, -0.25) is 0 Å². The Morgan fingerprint density at radius 1 is 1.28 bits per heavy atom. The van der Waals surface area contributed by atoms with Crippen LogP contribution in [0.3, 0.4) is 0 Å². The second-order valence-electron chi connectivity index (χ2n) is 6.82. The molecule has 1 aromatic heterocycles. The van der Waals surface area contributed by atoms with Crippen LogP contribution in [0.25, 0.3) is 10.2 Å². The lowest BCUT2D eigenvalue weighted by Gasteiger charge is -2.43. The summed E-state index contributed by atoms with van der Waals surface area (Å²) in [5.74, 6) is 0. The van der Waals surface area contributed by atoms with Crippen molar-refractivity contribution in [2.45, 2.75) is 49.1 Å². The molecule has 0 radical (unpaired) electrons. The van der Waals surface area contributed by atoms with Crippen LogP contribution in [-0.4, -0.2) is 44.9 Å². The van der Waals surface area contributed by atoms with Crippen LogP contribution in [0.2, 0.25) is 0 Å². The highest BCUT2D eigenvalue weighted by Crippen LogP contribution is 2.35. The molecule has 6 nitrogen and oxygen atoms in total. The highest BCUT2D eigenvalue weighted by molar-refractivity contribution is 7.89. The first-order valence-electron chi connectivity index (χ1n) is 8.57. The number of ether oxygens (including phenoxy) is 2. The van der Waals surface area contributed by atoms with E-state index >= 15 is 0 Å². The molecule has 0 amide bonds. The van der Waals surface area contributed by atoms with Gasteiger partial charge in [0.1, 0.15) is 0 Å². The normalized spacial score (nSPS) is 24.0. The largest absolute Gasteiger partial charge is 0.381 e. The number of fused-ring (bicyclic) bond motifs is 1. The smallest absolute Gasteiger partial charge is 0.240 e. The molecule has 1 spiro atoms. The van der Waals surface area contributed by atoms with Gasteiger partial charge in [0.2, 0.25) is 10.0 Å². The number of rotatable bonds is 3. The van der Waals surface area contributed by atoms with Gasteiger partial charge < -0.3 is 9.47 Å². The van der Waals surface area contributed by atoms with Crippen molar-refractivity contribution in [1.29, 1.82) is 0 Å². The van der Waals surface area contributed by atoms with Crippen LogP contribution < -0.4 is 4.72 Å². The van der Waals surface area contributed by atoms with Gasteiger partial charge in [0.15, 0.2) is 0 Å². The molecule has 2 aromatic rings. The lowest BCUT2D eigenvalue weighted by Crippen LogP contribution is -2.50. The average molecular weight is 383 g/mol. The molecular weight excluding hydrogens is 360 g/mol. The van der Waals surface area contributed by atoms with Crippen molar-refractivity contribution in [3.05, 3.63) is 23.2 Å². The van der Waals surface area contributed by atoms with E-state index in [1.807, 2.05) is 6.92 Å². The summed E-state index contributed by atoms with van der Waals surface area (Å²) in [4.78, 5) is 4.69. The molecule has 4 rings (SSSR count). The Bertz CT molecular complexity index is 866. The maximum absolute atomic E-state index is 12.8.